The van der Waals surface area contributed by atoms with Gasteiger partial charge in [0, 0.05) is 12.1 Å². The lowest BCUT2D eigenvalue weighted by molar-refractivity contribution is -0.139. The average molecular weight is 273 g/mol. The Morgan fingerprint density at radius 1 is 1.50 bits per heavy atom. The van der Waals surface area contributed by atoms with Crippen LogP contribution in [0.1, 0.15) is 23.0 Å². The van der Waals surface area contributed by atoms with E-state index < -0.39 is 12.0 Å². The van der Waals surface area contributed by atoms with E-state index in [9.17, 15) is 9.90 Å². The largest absolute Gasteiger partial charge is 0.497 e. The fourth-order valence-electron chi connectivity index (χ4n) is 2.52. The van der Waals surface area contributed by atoms with Crippen LogP contribution in [0, 0.1) is 0 Å². The van der Waals surface area contributed by atoms with Gasteiger partial charge in [-0.25, -0.2) is 4.98 Å². The van der Waals surface area contributed by atoms with Crippen molar-refractivity contribution < 1.29 is 14.6 Å². The minimum atomic E-state index is -0.863. The summed E-state index contributed by atoms with van der Waals surface area (Å²) in [5, 5.41) is 12.4. The summed E-state index contributed by atoms with van der Waals surface area (Å²) in [6, 6.07) is 6.68. The summed E-state index contributed by atoms with van der Waals surface area (Å²) in [6.45, 7) is 0. The van der Waals surface area contributed by atoms with Crippen molar-refractivity contribution in [1.29, 1.82) is 0 Å². The smallest absolute Gasteiger partial charge is 0.321 e. The van der Waals surface area contributed by atoms with Crippen LogP contribution in [0.5, 0.6) is 5.75 Å². The first-order valence-corrected chi connectivity index (χ1v) is 6.34. The minimum Gasteiger partial charge on any atom is -0.497 e. The van der Waals surface area contributed by atoms with Gasteiger partial charge in [-0.1, -0.05) is 12.1 Å². The fraction of sp³-hybridized carbons (Fsp3) is 0.286. The molecule has 3 N–H and O–H groups in total. The Balaban J connectivity index is 2.01. The van der Waals surface area contributed by atoms with Crippen molar-refractivity contribution in [2.75, 3.05) is 7.11 Å². The van der Waals surface area contributed by atoms with Crippen molar-refractivity contribution in [3.8, 4) is 5.75 Å². The predicted molar refractivity (Wildman–Crippen MR) is 71.7 cm³/mol. The summed E-state index contributed by atoms with van der Waals surface area (Å²) in [4.78, 5) is 18.6. The molecule has 1 aliphatic heterocycles. The number of rotatable bonds is 3. The Labute approximate surface area is 115 Å². The zero-order chi connectivity index (χ0) is 14.1. The number of methoxy groups -OCH3 is 1. The van der Waals surface area contributed by atoms with E-state index in [-0.39, 0.29) is 6.04 Å². The highest BCUT2D eigenvalue weighted by molar-refractivity contribution is 5.74. The van der Waals surface area contributed by atoms with Crippen LogP contribution >= 0.6 is 0 Å². The van der Waals surface area contributed by atoms with Gasteiger partial charge in [0.1, 0.15) is 11.8 Å². The van der Waals surface area contributed by atoms with E-state index in [1.807, 2.05) is 24.3 Å². The number of hydrogen-bond donors (Lipinski definition) is 3. The Bertz CT molecular complexity index is 638. The topological polar surface area (TPSA) is 87.2 Å². The van der Waals surface area contributed by atoms with Gasteiger partial charge in [-0.05, 0) is 17.7 Å². The number of fused-ring (bicyclic) bond motifs is 1. The van der Waals surface area contributed by atoms with E-state index in [1.54, 1.807) is 13.4 Å². The standard InChI is InChI=1S/C14H15N3O3/c1-20-9-4-2-3-8(5-9)12-13-10(15-7-16-13)6-11(17-12)14(18)19/h2-5,7,11-12,17H,6H2,1H3,(H,15,16)(H,18,19). The molecule has 1 aliphatic rings. The summed E-state index contributed by atoms with van der Waals surface area (Å²) < 4.78 is 5.22. The summed E-state index contributed by atoms with van der Waals surface area (Å²) in [7, 11) is 1.60. The number of carbonyl (C=O) groups is 1. The van der Waals surface area contributed by atoms with Crippen molar-refractivity contribution in [3.63, 3.8) is 0 Å². The maximum atomic E-state index is 11.3. The number of ether oxygens (including phenoxy) is 1. The molecular weight excluding hydrogens is 258 g/mol. The maximum absolute atomic E-state index is 11.3. The summed E-state index contributed by atoms with van der Waals surface area (Å²) in [5.41, 5.74) is 2.64. The van der Waals surface area contributed by atoms with E-state index in [4.69, 9.17) is 4.74 Å². The highest BCUT2D eigenvalue weighted by Gasteiger charge is 2.33. The first kappa shape index (κ1) is 12.7. The summed E-state index contributed by atoms with van der Waals surface area (Å²) in [5.74, 6) is -0.128. The highest BCUT2D eigenvalue weighted by Crippen LogP contribution is 2.30. The first-order chi connectivity index (χ1) is 9.69. The molecule has 2 atom stereocenters. The molecule has 0 radical (unpaired) electrons. The van der Waals surface area contributed by atoms with E-state index in [0.717, 1.165) is 22.7 Å². The average Bonchev–Trinajstić information content (AvgIpc) is 2.94. The van der Waals surface area contributed by atoms with Gasteiger partial charge in [-0.3, -0.25) is 10.1 Å². The fourth-order valence-corrected chi connectivity index (χ4v) is 2.52. The van der Waals surface area contributed by atoms with E-state index in [2.05, 4.69) is 15.3 Å². The van der Waals surface area contributed by atoms with E-state index in [0.29, 0.717) is 6.42 Å². The Morgan fingerprint density at radius 3 is 3.10 bits per heavy atom. The maximum Gasteiger partial charge on any atom is 0.321 e. The number of carboxylic acids is 1. The Kier molecular flexibility index (Phi) is 3.15. The lowest BCUT2D eigenvalue weighted by atomic mass is 9.94. The van der Waals surface area contributed by atoms with Gasteiger partial charge in [0.25, 0.3) is 0 Å². The van der Waals surface area contributed by atoms with Gasteiger partial charge >= 0.3 is 5.97 Å². The number of benzene rings is 1. The second-order valence-corrected chi connectivity index (χ2v) is 4.74. The molecule has 1 aromatic carbocycles. The molecule has 3 rings (SSSR count). The normalized spacial score (nSPS) is 21.2. The number of nitrogens with zero attached hydrogens (tertiary/aromatic N) is 1. The molecule has 0 saturated heterocycles. The Hall–Kier alpha value is -2.34. The minimum absolute atomic E-state index is 0.249. The van der Waals surface area contributed by atoms with Crippen molar-refractivity contribution in [1.82, 2.24) is 15.3 Å². The van der Waals surface area contributed by atoms with Crippen molar-refractivity contribution in [2.45, 2.75) is 18.5 Å². The predicted octanol–water partition coefficient (Wildman–Crippen LogP) is 1.11. The molecule has 0 amide bonds. The molecule has 2 unspecified atom stereocenters. The third-order valence-electron chi connectivity index (χ3n) is 3.53. The van der Waals surface area contributed by atoms with Crippen molar-refractivity contribution >= 4 is 5.97 Å². The molecule has 1 aromatic heterocycles. The monoisotopic (exact) mass is 273 g/mol. The molecule has 0 spiro atoms. The van der Waals surface area contributed by atoms with Crippen LogP contribution in [-0.2, 0) is 11.2 Å². The van der Waals surface area contributed by atoms with Gasteiger partial charge < -0.3 is 14.8 Å². The zero-order valence-electron chi connectivity index (χ0n) is 11.0. The third kappa shape index (κ3) is 2.14. The number of aromatic nitrogens is 2. The Morgan fingerprint density at radius 2 is 2.35 bits per heavy atom. The summed E-state index contributed by atoms with van der Waals surface area (Å²) in [6.07, 6.45) is 2.01. The van der Waals surface area contributed by atoms with Gasteiger partial charge in [0.15, 0.2) is 0 Å². The van der Waals surface area contributed by atoms with Crippen molar-refractivity contribution in [2.24, 2.45) is 0 Å². The number of aromatic amines is 1. The van der Waals surface area contributed by atoms with Crippen LogP contribution < -0.4 is 10.1 Å². The molecule has 0 aliphatic carbocycles. The molecule has 104 valence electrons. The molecule has 0 saturated carbocycles. The first-order valence-electron chi connectivity index (χ1n) is 6.34. The van der Waals surface area contributed by atoms with Gasteiger partial charge in [0.2, 0.25) is 0 Å². The number of hydrogen-bond acceptors (Lipinski definition) is 4. The number of H-pyrrole nitrogens is 1. The number of carboxylic acid groups (broad SMARTS) is 1. The third-order valence-corrected chi connectivity index (χ3v) is 3.53. The molecule has 6 nitrogen and oxygen atoms in total. The van der Waals surface area contributed by atoms with Gasteiger partial charge in [-0.2, -0.15) is 0 Å². The van der Waals surface area contributed by atoms with Gasteiger partial charge in [-0.15, -0.1) is 0 Å². The number of aliphatic carboxylic acids is 1. The second kappa shape index (κ2) is 4.97. The van der Waals surface area contributed by atoms with Crippen LogP contribution in [0.2, 0.25) is 0 Å². The van der Waals surface area contributed by atoms with Crippen LogP contribution in [0.25, 0.3) is 0 Å². The van der Waals surface area contributed by atoms with Crippen molar-refractivity contribution in [3.05, 3.63) is 47.5 Å². The lowest BCUT2D eigenvalue weighted by Crippen LogP contribution is -2.45. The highest BCUT2D eigenvalue weighted by atomic mass is 16.5. The number of nitrogens with one attached hydrogen (secondary N) is 2. The number of imidazole rings is 1. The SMILES string of the molecule is COc1cccc(C2NC(C(=O)O)Cc3[nH]cnc32)c1. The molecule has 0 bridgehead atoms. The molecule has 6 heteroatoms. The van der Waals surface area contributed by atoms with Gasteiger partial charge in [0.05, 0.1) is 25.2 Å². The van der Waals surface area contributed by atoms with Crippen LogP contribution in [-0.4, -0.2) is 34.2 Å². The molecule has 0 fully saturated rings. The van der Waals surface area contributed by atoms with Crippen LogP contribution in [0.4, 0.5) is 0 Å². The lowest BCUT2D eigenvalue weighted by Gasteiger charge is -2.28. The van der Waals surface area contributed by atoms with Crippen LogP contribution in [0.15, 0.2) is 30.6 Å². The molecule has 2 aromatic rings. The molecular formula is C14H15N3O3. The summed E-state index contributed by atoms with van der Waals surface area (Å²) >= 11 is 0. The molecule has 2 heterocycles. The molecule has 20 heavy (non-hydrogen) atoms. The van der Waals surface area contributed by atoms with E-state index in [1.165, 1.54) is 0 Å². The quantitative estimate of drug-likeness (QED) is 0.779. The van der Waals surface area contributed by atoms with E-state index >= 15 is 0 Å². The second-order valence-electron chi connectivity index (χ2n) is 4.74. The van der Waals surface area contributed by atoms with Crippen LogP contribution in [0.3, 0.4) is 0 Å². The zero-order valence-corrected chi connectivity index (χ0v) is 11.0.